The highest BCUT2D eigenvalue weighted by molar-refractivity contribution is 8.01. The molecular weight excluding hydrogens is 286 g/mol. The third-order valence-corrected chi connectivity index (χ3v) is 3.63. The van der Waals surface area contributed by atoms with Gasteiger partial charge in [0.25, 0.3) is 0 Å². The Balaban J connectivity index is 2.77. The summed E-state index contributed by atoms with van der Waals surface area (Å²) in [5, 5.41) is 12.0. The molecule has 6 heteroatoms. The van der Waals surface area contributed by atoms with E-state index in [1.165, 1.54) is 23.9 Å². The first kappa shape index (κ1) is 15.9. The summed E-state index contributed by atoms with van der Waals surface area (Å²) in [6, 6.07) is 4.35. The molecule has 1 aromatic rings. The lowest BCUT2D eigenvalue weighted by molar-refractivity contribution is -0.113. The fraction of sp³-hybridized carbons (Fsp3) is 0.385. The van der Waals surface area contributed by atoms with Gasteiger partial charge in [-0.15, -0.1) is 11.8 Å². The first-order valence-corrected chi connectivity index (χ1v) is 7.02. The Kier molecular flexibility index (Phi) is 5.26. The number of halogens is 1. The van der Waals surface area contributed by atoms with Gasteiger partial charge >= 0.3 is 5.97 Å². The standard InChI is InChI=1S/C13H16ClNO3S/c1-13(2,3)19-7-11(16)15-10-5-4-8(14)6-9(10)12(17)18/h4-6H,7H2,1-3H3,(H,15,16)(H,17,18). The molecule has 0 bridgehead atoms. The van der Waals surface area contributed by atoms with E-state index in [0.717, 1.165) is 0 Å². The maximum atomic E-state index is 11.8. The molecule has 0 atom stereocenters. The number of aromatic carboxylic acids is 1. The third kappa shape index (κ3) is 5.53. The van der Waals surface area contributed by atoms with Gasteiger partial charge in [-0.25, -0.2) is 4.79 Å². The largest absolute Gasteiger partial charge is 0.478 e. The number of carboxylic acids is 1. The van der Waals surface area contributed by atoms with E-state index in [-0.39, 0.29) is 27.7 Å². The van der Waals surface area contributed by atoms with E-state index in [4.69, 9.17) is 16.7 Å². The Morgan fingerprint density at radius 3 is 2.53 bits per heavy atom. The molecule has 0 saturated carbocycles. The minimum atomic E-state index is -1.12. The van der Waals surface area contributed by atoms with Gasteiger partial charge < -0.3 is 10.4 Å². The summed E-state index contributed by atoms with van der Waals surface area (Å²) in [7, 11) is 0. The quantitative estimate of drug-likeness (QED) is 0.893. The molecule has 0 aromatic heterocycles. The normalized spacial score (nSPS) is 11.2. The molecule has 4 nitrogen and oxygen atoms in total. The van der Waals surface area contributed by atoms with Gasteiger partial charge in [-0.3, -0.25) is 4.79 Å². The minimum absolute atomic E-state index is 0.0124. The Morgan fingerprint density at radius 1 is 1.37 bits per heavy atom. The van der Waals surface area contributed by atoms with Gasteiger partial charge in [-0.2, -0.15) is 0 Å². The first-order valence-electron chi connectivity index (χ1n) is 5.66. The summed E-state index contributed by atoms with van der Waals surface area (Å²) < 4.78 is -0.0209. The molecule has 104 valence electrons. The fourth-order valence-electron chi connectivity index (χ4n) is 1.27. The number of benzene rings is 1. The zero-order chi connectivity index (χ0) is 14.6. The van der Waals surface area contributed by atoms with Crippen LogP contribution in [-0.2, 0) is 4.79 Å². The lowest BCUT2D eigenvalue weighted by Crippen LogP contribution is -2.20. The van der Waals surface area contributed by atoms with Crippen molar-refractivity contribution in [3.8, 4) is 0 Å². The summed E-state index contributed by atoms with van der Waals surface area (Å²) in [5.41, 5.74) is 0.248. The number of anilines is 1. The molecule has 1 amide bonds. The number of thioether (sulfide) groups is 1. The Hall–Kier alpha value is -1.20. The van der Waals surface area contributed by atoms with Crippen LogP contribution in [0.4, 0.5) is 5.69 Å². The van der Waals surface area contributed by atoms with Gasteiger partial charge in [0, 0.05) is 9.77 Å². The summed E-state index contributed by atoms with van der Waals surface area (Å²) in [6.07, 6.45) is 0. The molecule has 2 N–H and O–H groups in total. The summed E-state index contributed by atoms with van der Waals surface area (Å²) in [5.74, 6) is -1.09. The average Bonchev–Trinajstić information content (AvgIpc) is 2.28. The van der Waals surface area contributed by atoms with E-state index >= 15 is 0 Å². The van der Waals surface area contributed by atoms with E-state index < -0.39 is 5.97 Å². The molecular formula is C13H16ClNO3S. The summed E-state index contributed by atoms with van der Waals surface area (Å²) in [6.45, 7) is 6.03. The molecule has 0 aliphatic heterocycles. The van der Waals surface area contributed by atoms with Crippen molar-refractivity contribution in [2.75, 3.05) is 11.1 Å². The van der Waals surface area contributed by atoms with Crippen LogP contribution in [0.2, 0.25) is 5.02 Å². The predicted octanol–water partition coefficient (Wildman–Crippen LogP) is 3.51. The smallest absolute Gasteiger partial charge is 0.337 e. The van der Waals surface area contributed by atoms with Crippen molar-refractivity contribution < 1.29 is 14.7 Å². The molecule has 0 aliphatic rings. The molecule has 0 unspecified atom stereocenters. The summed E-state index contributed by atoms with van der Waals surface area (Å²) in [4.78, 5) is 22.8. The first-order chi connectivity index (χ1) is 8.69. The van der Waals surface area contributed by atoms with Crippen LogP contribution < -0.4 is 5.32 Å². The van der Waals surface area contributed by atoms with Crippen molar-refractivity contribution in [3.05, 3.63) is 28.8 Å². The maximum Gasteiger partial charge on any atom is 0.337 e. The topological polar surface area (TPSA) is 66.4 Å². The lowest BCUT2D eigenvalue weighted by atomic mass is 10.2. The number of hydrogen-bond acceptors (Lipinski definition) is 3. The zero-order valence-electron chi connectivity index (χ0n) is 11.0. The zero-order valence-corrected chi connectivity index (χ0v) is 12.6. The lowest BCUT2D eigenvalue weighted by Gasteiger charge is -2.17. The van der Waals surface area contributed by atoms with Gasteiger partial charge in [0.1, 0.15) is 0 Å². The molecule has 0 saturated heterocycles. The highest BCUT2D eigenvalue weighted by Crippen LogP contribution is 2.24. The van der Waals surface area contributed by atoms with Crippen molar-refractivity contribution in [2.24, 2.45) is 0 Å². The average molecular weight is 302 g/mol. The third-order valence-electron chi connectivity index (χ3n) is 2.12. The Labute approximate surface area is 121 Å². The number of carbonyl (C=O) groups excluding carboxylic acids is 1. The van der Waals surface area contributed by atoms with Crippen LogP contribution in [0.25, 0.3) is 0 Å². The Bertz CT molecular complexity index is 497. The van der Waals surface area contributed by atoms with Gasteiger partial charge in [-0.05, 0) is 18.2 Å². The van der Waals surface area contributed by atoms with Crippen LogP contribution in [0.3, 0.4) is 0 Å². The van der Waals surface area contributed by atoms with E-state index in [0.29, 0.717) is 5.02 Å². The van der Waals surface area contributed by atoms with Crippen LogP contribution in [0.1, 0.15) is 31.1 Å². The second-order valence-electron chi connectivity index (χ2n) is 4.94. The molecule has 1 aromatic carbocycles. The molecule has 0 spiro atoms. The second kappa shape index (κ2) is 6.30. The van der Waals surface area contributed by atoms with E-state index in [2.05, 4.69) is 5.32 Å². The molecule has 19 heavy (non-hydrogen) atoms. The van der Waals surface area contributed by atoms with Gasteiger partial charge in [-0.1, -0.05) is 32.4 Å². The van der Waals surface area contributed by atoms with Crippen molar-refractivity contribution in [1.29, 1.82) is 0 Å². The SMILES string of the molecule is CC(C)(C)SCC(=O)Nc1ccc(Cl)cc1C(=O)O. The molecule has 0 aliphatic carbocycles. The van der Waals surface area contributed by atoms with Crippen LogP contribution >= 0.6 is 23.4 Å². The number of hydrogen-bond donors (Lipinski definition) is 2. The monoisotopic (exact) mass is 301 g/mol. The minimum Gasteiger partial charge on any atom is -0.478 e. The van der Waals surface area contributed by atoms with Crippen LogP contribution in [-0.4, -0.2) is 27.5 Å². The highest BCUT2D eigenvalue weighted by atomic mass is 35.5. The molecule has 1 rings (SSSR count). The van der Waals surface area contributed by atoms with E-state index in [1.807, 2.05) is 20.8 Å². The molecule has 0 fully saturated rings. The summed E-state index contributed by atoms with van der Waals surface area (Å²) >= 11 is 7.23. The van der Waals surface area contributed by atoms with Crippen molar-refractivity contribution >= 4 is 40.9 Å². The van der Waals surface area contributed by atoms with Crippen LogP contribution in [0.15, 0.2) is 18.2 Å². The highest BCUT2D eigenvalue weighted by Gasteiger charge is 2.16. The van der Waals surface area contributed by atoms with Crippen molar-refractivity contribution in [1.82, 2.24) is 0 Å². The van der Waals surface area contributed by atoms with Crippen molar-refractivity contribution in [3.63, 3.8) is 0 Å². The number of carboxylic acid groups (broad SMARTS) is 1. The predicted molar refractivity (Wildman–Crippen MR) is 79.3 cm³/mol. The van der Waals surface area contributed by atoms with Crippen LogP contribution in [0.5, 0.6) is 0 Å². The Morgan fingerprint density at radius 2 is 2.00 bits per heavy atom. The van der Waals surface area contributed by atoms with E-state index in [9.17, 15) is 9.59 Å². The number of rotatable bonds is 4. The molecule has 0 heterocycles. The van der Waals surface area contributed by atoms with Gasteiger partial charge in [0.05, 0.1) is 17.0 Å². The van der Waals surface area contributed by atoms with Gasteiger partial charge in [0.15, 0.2) is 0 Å². The number of nitrogens with one attached hydrogen (secondary N) is 1. The number of carbonyl (C=O) groups is 2. The molecule has 0 radical (unpaired) electrons. The second-order valence-corrected chi connectivity index (χ2v) is 7.18. The number of amides is 1. The fourth-order valence-corrected chi connectivity index (χ4v) is 2.08. The van der Waals surface area contributed by atoms with Gasteiger partial charge in [0.2, 0.25) is 5.91 Å². The van der Waals surface area contributed by atoms with Crippen molar-refractivity contribution in [2.45, 2.75) is 25.5 Å². The maximum absolute atomic E-state index is 11.8. The van der Waals surface area contributed by atoms with E-state index in [1.54, 1.807) is 6.07 Å². The van der Waals surface area contributed by atoms with Crippen LogP contribution in [0, 0.1) is 0 Å².